The van der Waals surface area contributed by atoms with Crippen LogP contribution in [0.5, 0.6) is 17.2 Å². The van der Waals surface area contributed by atoms with Gasteiger partial charge in [0.05, 0.1) is 13.7 Å². The van der Waals surface area contributed by atoms with E-state index in [9.17, 15) is 4.79 Å². The zero-order valence-corrected chi connectivity index (χ0v) is 16.4. The summed E-state index contributed by atoms with van der Waals surface area (Å²) in [5, 5.41) is 2.85. The highest BCUT2D eigenvalue weighted by molar-refractivity contribution is 5.94. The number of rotatable bonds is 11. The highest BCUT2D eigenvalue weighted by Crippen LogP contribution is 2.27. The summed E-state index contributed by atoms with van der Waals surface area (Å²) >= 11 is 0. The van der Waals surface area contributed by atoms with Crippen molar-refractivity contribution in [1.82, 2.24) is 0 Å². The van der Waals surface area contributed by atoms with Crippen LogP contribution in [-0.4, -0.2) is 25.7 Å². The van der Waals surface area contributed by atoms with Crippen molar-refractivity contribution in [1.29, 1.82) is 0 Å². The molecule has 1 unspecified atom stereocenters. The number of amides is 1. The molecule has 0 radical (unpaired) electrons. The van der Waals surface area contributed by atoms with E-state index in [0.717, 1.165) is 18.8 Å². The molecule has 5 nitrogen and oxygen atoms in total. The first-order chi connectivity index (χ1) is 13.1. The van der Waals surface area contributed by atoms with Gasteiger partial charge in [-0.1, -0.05) is 38.3 Å². The molecule has 0 heterocycles. The van der Waals surface area contributed by atoms with Crippen molar-refractivity contribution >= 4 is 11.6 Å². The molecule has 0 aliphatic heterocycles. The Balaban J connectivity index is 1.82. The number of hydrogen-bond donors (Lipinski definition) is 1. The molecule has 0 fully saturated rings. The first kappa shape index (κ1) is 20.6. The molecule has 1 N–H and O–H groups in total. The van der Waals surface area contributed by atoms with Crippen molar-refractivity contribution < 1.29 is 19.0 Å². The lowest BCUT2D eigenvalue weighted by Gasteiger charge is -2.16. The number of ether oxygens (including phenoxy) is 3. The number of hydrogen-bond acceptors (Lipinski definition) is 4. The Hall–Kier alpha value is -2.69. The first-order valence-electron chi connectivity index (χ1n) is 9.47. The summed E-state index contributed by atoms with van der Waals surface area (Å²) in [6, 6.07) is 14.6. The second kappa shape index (κ2) is 11.1. The lowest BCUT2D eigenvalue weighted by atomic mass is 10.2. The van der Waals surface area contributed by atoms with Gasteiger partial charge in [0.15, 0.2) is 17.6 Å². The van der Waals surface area contributed by atoms with E-state index in [1.54, 1.807) is 26.2 Å². The average molecular weight is 371 g/mol. The minimum Gasteiger partial charge on any atom is -0.494 e. The van der Waals surface area contributed by atoms with Gasteiger partial charge in [0, 0.05) is 5.69 Å². The fraction of sp³-hybridized carbons (Fsp3) is 0.409. The van der Waals surface area contributed by atoms with Crippen molar-refractivity contribution in [2.45, 2.75) is 45.6 Å². The Labute approximate surface area is 161 Å². The van der Waals surface area contributed by atoms with Gasteiger partial charge in [0.1, 0.15) is 5.75 Å². The number of methoxy groups -OCH3 is 1. The quantitative estimate of drug-likeness (QED) is 0.561. The topological polar surface area (TPSA) is 56.8 Å². The molecule has 0 saturated heterocycles. The molecule has 27 heavy (non-hydrogen) atoms. The number of carbonyl (C=O) groups excluding carboxylic acids is 1. The monoisotopic (exact) mass is 371 g/mol. The third-order valence-electron chi connectivity index (χ3n) is 4.13. The Kier molecular flexibility index (Phi) is 8.49. The molecule has 5 heteroatoms. The molecular weight excluding hydrogens is 342 g/mol. The van der Waals surface area contributed by atoms with Gasteiger partial charge >= 0.3 is 0 Å². The van der Waals surface area contributed by atoms with Crippen molar-refractivity contribution in [3.8, 4) is 17.2 Å². The third-order valence-corrected chi connectivity index (χ3v) is 4.13. The molecule has 1 amide bonds. The van der Waals surface area contributed by atoms with E-state index in [-0.39, 0.29) is 5.91 Å². The summed E-state index contributed by atoms with van der Waals surface area (Å²) in [5.41, 5.74) is 0.703. The molecule has 146 valence electrons. The zero-order chi connectivity index (χ0) is 19.5. The van der Waals surface area contributed by atoms with Crippen LogP contribution in [0.2, 0.25) is 0 Å². The van der Waals surface area contributed by atoms with Gasteiger partial charge in [0.2, 0.25) is 0 Å². The molecule has 2 aromatic carbocycles. The van der Waals surface area contributed by atoms with Gasteiger partial charge in [-0.3, -0.25) is 4.79 Å². The van der Waals surface area contributed by atoms with Crippen LogP contribution in [0.4, 0.5) is 5.69 Å². The van der Waals surface area contributed by atoms with E-state index in [0.29, 0.717) is 17.2 Å². The largest absolute Gasteiger partial charge is 0.494 e. The van der Waals surface area contributed by atoms with Crippen LogP contribution in [0, 0.1) is 0 Å². The lowest BCUT2D eigenvalue weighted by Crippen LogP contribution is -2.30. The average Bonchev–Trinajstić information content (AvgIpc) is 2.69. The molecule has 0 aromatic heterocycles. The number of carbonyl (C=O) groups is 1. The predicted octanol–water partition coefficient (Wildman–Crippen LogP) is 5.06. The van der Waals surface area contributed by atoms with E-state index in [1.165, 1.54) is 19.3 Å². The summed E-state index contributed by atoms with van der Waals surface area (Å²) in [6.07, 6.45) is 4.05. The number of anilines is 1. The number of nitrogens with one attached hydrogen (secondary N) is 1. The van der Waals surface area contributed by atoms with Crippen LogP contribution in [0.25, 0.3) is 0 Å². The van der Waals surface area contributed by atoms with Gasteiger partial charge in [-0.15, -0.1) is 0 Å². The minimum absolute atomic E-state index is 0.228. The summed E-state index contributed by atoms with van der Waals surface area (Å²) in [7, 11) is 1.57. The van der Waals surface area contributed by atoms with E-state index in [2.05, 4.69) is 12.2 Å². The van der Waals surface area contributed by atoms with Gasteiger partial charge in [0.25, 0.3) is 5.91 Å². The molecule has 0 spiro atoms. The first-order valence-corrected chi connectivity index (χ1v) is 9.47. The molecule has 0 aliphatic carbocycles. The molecule has 1 atom stereocenters. The predicted molar refractivity (Wildman–Crippen MR) is 108 cm³/mol. The fourth-order valence-electron chi connectivity index (χ4n) is 2.56. The standard InChI is InChI=1S/C22H29NO4/c1-4-5-6-9-16-26-19-14-12-18(13-15-19)23-22(24)17(2)27-21-11-8-7-10-20(21)25-3/h7-8,10-15,17H,4-6,9,16H2,1-3H3,(H,23,24). The second-order valence-corrected chi connectivity index (χ2v) is 6.33. The SMILES string of the molecule is CCCCCCOc1ccc(NC(=O)C(C)Oc2ccccc2OC)cc1. The highest BCUT2D eigenvalue weighted by Gasteiger charge is 2.16. The molecule has 2 rings (SSSR count). The van der Waals surface area contributed by atoms with Crippen LogP contribution < -0.4 is 19.5 Å². The van der Waals surface area contributed by atoms with E-state index < -0.39 is 6.10 Å². The minimum atomic E-state index is -0.657. The molecule has 0 aliphatic rings. The van der Waals surface area contributed by atoms with Crippen LogP contribution in [0.15, 0.2) is 48.5 Å². The number of unbranched alkanes of at least 4 members (excludes halogenated alkanes) is 3. The van der Waals surface area contributed by atoms with Crippen LogP contribution >= 0.6 is 0 Å². The van der Waals surface area contributed by atoms with Crippen LogP contribution in [-0.2, 0) is 4.79 Å². The Morgan fingerprint density at radius 3 is 2.37 bits per heavy atom. The third kappa shape index (κ3) is 6.85. The van der Waals surface area contributed by atoms with E-state index >= 15 is 0 Å². The normalized spacial score (nSPS) is 11.5. The lowest BCUT2D eigenvalue weighted by molar-refractivity contribution is -0.122. The molecular formula is C22H29NO4. The van der Waals surface area contributed by atoms with Crippen molar-refractivity contribution in [3.05, 3.63) is 48.5 Å². The van der Waals surface area contributed by atoms with Gasteiger partial charge in [-0.2, -0.15) is 0 Å². The van der Waals surface area contributed by atoms with Crippen LogP contribution in [0.1, 0.15) is 39.5 Å². The zero-order valence-electron chi connectivity index (χ0n) is 16.4. The maximum atomic E-state index is 12.4. The van der Waals surface area contributed by atoms with E-state index in [1.807, 2.05) is 36.4 Å². The smallest absolute Gasteiger partial charge is 0.265 e. The maximum absolute atomic E-state index is 12.4. The summed E-state index contributed by atoms with van der Waals surface area (Å²) < 4.78 is 16.7. The Bertz CT molecular complexity index is 700. The molecule has 0 bridgehead atoms. The Morgan fingerprint density at radius 2 is 1.70 bits per heavy atom. The van der Waals surface area contributed by atoms with Crippen molar-refractivity contribution in [2.75, 3.05) is 19.0 Å². The molecule has 0 saturated carbocycles. The number of benzene rings is 2. The second-order valence-electron chi connectivity index (χ2n) is 6.33. The van der Waals surface area contributed by atoms with Gasteiger partial charge in [-0.05, 0) is 49.7 Å². The summed E-state index contributed by atoms with van der Waals surface area (Å²) in [6.45, 7) is 4.61. The fourth-order valence-corrected chi connectivity index (χ4v) is 2.56. The number of para-hydroxylation sites is 2. The summed E-state index contributed by atoms with van der Waals surface area (Å²) in [5.74, 6) is 1.71. The van der Waals surface area contributed by atoms with E-state index in [4.69, 9.17) is 14.2 Å². The summed E-state index contributed by atoms with van der Waals surface area (Å²) in [4.78, 5) is 12.4. The van der Waals surface area contributed by atoms with Crippen LogP contribution in [0.3, 0.4) is 0 Å². The van der Waals surface area contributed by atoms with Crippen molar-refractivity contribution in [3.63, 3.8) is 0 Å². The van der Waals surface area contributed by atoms with Crippen molar-refractivity contribution in [2.24, 2.45) is 0 Å². The molecule has 2 aromatic rings. The highest BCUT2D eigenvalue weighted by atomic mass is 16.5. The van der Waals surface area contributed by atoms with Gasteiger partial charge < -0.3 is 19.5 Å². The Morgan fingerprint density at radius 1 is 1.00 bits per heavy atom. The maximum Gasteiger partial charge on any atom is 0.265 e. The van der Waals surface area contributed by atoms with Gasteiger partial charge in [-0.25, -0.2) is 0 Å².